The average Bonchev–Trinajstić information content (AvgIpc) is 2.73. The summed E-state index contributed by atoms with van der Waals surface area (Å²) in [5.41, 5.74) is 0.541. The molecule has 170 valence electrons. The number of carbonyl (C=O) groups excluding carboxylic acids is 2. The lowest BCUT2D eigenvalue weighted by atomic mass is 10.0. The van der Waals surface area contributed by atoms with Crippen molar-refractivity contribution in [2.75, 3.05) is 6.61 Å². The Morgan fingerprint density at radius 2 is 1.13 bits per heavy atom. The highest BCUT2D eigenvalue weighted by Gasteiger charge is 2.19. The summed E-state index contributed by atoms with van der Waals surface area (Å²) in [6.07, 6.45) is 16.4. The second-order valence-corrected chi connectivity index (χ2v) is 8.38. The smallest absolute Gasteiger partial charge is 0.339 e. The first-order valence-corrected chi connectivity index (χ1v) is 12.0. The molecule has 0 amide bonds. The standard InChI is InChI=1S/C26H42O4/c1-4-5-6-7-8-9-10-11-12-13-14-15-18-21-29-25(27)23-19-16-17-20-24(23)26(28)30-22(2)3/h16-17,19-20,22H,4-15,18,21H2,1-3H3. The number of unbranched alkanes of at least 4 members (excludes halogenated alkanes) is 12. The lowest BCUT2D eigenvalue weighted by Crippen LogP contribution is -2.17. The van der Waals surface area contributed by atoms with Crippen LogP contribution in [0, 0.1) is 0 Å². The Labute approximate surface area is 183 Å². The summed E-state index contributed by atoms with van der Waals surface area (Å²) in [6, 6.07) is 6.67. The number of benzene rings is 1. The molecule has 1 aromatic carbocycles. The van der Waals surface area contributed by atoms with E-state index < -0.39 is 11.9 Å². The van der Waals surface area contributed by atoms with Crippen molar-refractivity contribution >= 4 is 11.9 Å². The normalized spacial score (nSPS) is 10.9. The largest absolute Gasteiger partial charge is 0.462 e. The van der Waals surface area contributed by atoms with E-state index in [1.807, 2.05) is 0 Å². The zero-order chi connectivity index (χ0) is 22.0. The monoisotopic (exact) mass is 418 g/mol. The molecule has 0 spiro atoms. The van der Waals surface area contributed by atoms with Crippen LogP contribution in [0.15, 0.2) is 24.3 Å². The van der Waals surface area contributed by atoms with Crippen LogP contribution < -0.4 is 0 Å². The van der Waals surface area contributed by atoms with Crippen molar-refractivity contribution in [2.45, 2.75) is 110 Å². The second kappa shape index (κ2) is 16.9. The number of ether oxygens (including phenoxy) is 2. The van der Waals surface area contributed by atoms with Gasteiger partial charge in [0.25, 0.3) is 0 Å². The van der Waals surface area contributed by atoms with E-state index in [2.05, 4.69) is 6.92 Å². The molecule has 0 radical (unpaired) electrons. The molecule has 0 fully saturated rings. The van der Waals surface area contributed by atoms with E-state index in [1.54, 1.807) is 38.1 Å². The van der Waals surface area contributed by atoms with Crippen LogP contribution in [0.25, 0.3) is 0 Å². The van der Waals surface area contributed by atoms with Gasteiger partial charge in [0.1, 0.15) is 0 Å². The van der Waals surface area contributed by atoms with Crippen molar-refractivity contribution < 1.29 is 19.1 Å². The first-order valence-electron chi connectivity index (χ1n) is 12.0. The quantitative estimate of drug-likeness (QED) is 0.194. The lowest BCUT2D eigenvalue weighted by molar-refractivity contribution is 0.0360. The Morgan fingerprint density at radius 3 is 1.60 bits per heavy atom. The van der Waals surface area contributed by atoms with Crippen LogP contribution >= 0.6 is 0 Å². The third-order valence-electron chi connectivity index (χ3n) is 5.19. The van der Waals surface area contributed by atoms with Gasteiger partial charge >= 0.3 is 11.9 Å². The molecule has 0 aliphatic heterocycles. The Kier molecular flexibility index (Phi) is 14.8. The molecule has 0 saturated carbocycles. The van der Waals surface area contributed by atoms with Gasteiger partial charge in [-0.1, -0.05) is 96.1 Å². The molecule has 0 aliphatic rings. The fraction of sp³-hybridized carbons (Fsp3) is 0.692. The van der Waals surface area contributed by atoms with Crippen molar-refractivity contribution in [3.63, 3.8) is 0 Å². The molecular formula is C26H42O4. The Hall–Kier alpha value is -1.84. The molecule has 0 N–H and O–H groups in total. The number of hydrogen-bond donors (Lipinski definition) is 0. The topological polar surface area (TPSA) is 52.6 Å². The highest BCUT2D eigenvalue weighted by atomic mass is 16.5. The second-order valence-electron chi connectivity index (χ2n) is 8.38. The molecule has 1 aromatic rings. The zero-order valence-electron chi connectivity index (χ0n) is 19.4. The summed E-state index contributed by atoms with van der Waals surface area (Å²) in [7, 11) is 0. The van der Waals surface area contributed by atoms with Crippen LogP contribution in [-0.4, -0.2) is 24.6 Å². The van der Waals surface area contributed by atoms with Crippen molar-refractivity contribution in [1.82, 2.24) is 0 Å². The third-order valence-corrected chi connectivity index (χ3v) is 5.19. The van der Waals surface area contributed by atoms with Gasteiger partial charge in [-0.3, -0.25) is 0 Å². The van der Waals surface area contributed by atoms with Crippen LogP contribution in [0.4, 0.5) is 0 Å². The van der Waals surface area contributed by atoms with Crippen molar-refractivity contribution in [1.29, 1.82) is 0 Å². The lowest BCUT2D eigenvalue weighted by Gasteiger charge is -2.11. The van der Waals surface area contributed by atoms with E-state index in [0.717, 1.165) is 12.8 Å². The SMILES string of the molecule is CCCCCCCCCCCCCCCOC(=O)c1ccccc1C(=O)OC(C)C. The average molecular weight is 419 g/mol. The predicted octanol–water partition coefficient (Wildman–Crippen LogP) is 7.50. The molecule has 4 heteroatoms. The fourth-order valence-corrected chi connectivity index (χ4v) is 3.48. The van der Waals surface area contributed by atoms with Gasteiger partial charge in [0.15, 0.2) is 0 Å². The summed E-state index contributed by atoms with van der Waals surface area (Å²) in [6.45, 7) is 6.22. The molecule has 30 heavy (non-hydrogen) atoms. The van der Waals surface area contributed by atoms with E-state index in [4.69, 9.17) is 9.47 Å². The molecule has 0 saturated heterocycles. The summed E-state index contributed by atoms with van der Waals surface area (Å²) >= 11 is 0. The van der Waals surface area contributed by atoms with Gasteiger partial charge in [-0.2, -0.15) is 0 Å². The molecule has 1 rings (SSSR count). The minimum absolute atomic E-state index is 0.229. The minimum atomic E-state index is -0.487. The molecule has 0 atom stereocenters. The number of hydrogen-bond acceptors (Lipinski definition) is 4. The zero-order valence-corrected chi connectivity index (χ0v) is 19.4. The molecule has 0 heterocycles. The third kappa shape index (κ3) is 12.0. The van der Waals surface area contributed by atoms with E-state index in [9.17, 15) is 9.59 Å². The van der Waals surface area contributed by atoms with Crippen LogP contribution in [0.3, 0.4) is 0 Å². The van der Waals surface area contributed by atoms with Crippen molar-refractivity contribution in [3.05, 3.63) is 35.4 Å². The Bertz CT molecular complexity index is 594. The highest BCUT2D eigenvalue weighted by molar-refractivity contribution is 6.03. The van der Waals surface area contributed by atoms with Gasteiger partial charge in [-0.25, -0.2) is 9.59 Å². The van der Waals surface area contributed by atoms with Gasteiger partial charge in [-0.05, 0) is 32.4 Å². The maximum atomic E-state index is 12.3. The molecule has 0 unspecified atom stereocenters. The summed E-state index contributed by atoms with van der Waals surface area (Å²) in [5, 5.41) is 0. The van der Waals surface area contributed by atoms with Crippen molar-refractivity contribution in [3.8, 4) is 0 Å². The summed E-state index contributed by atoms with van der Waals surface area (Å²) in [4.78, 5) is 24.5. The first kappa shape index (κ1) is 26.2. The number of carbonyl (C=O) groups is 2. The van der Waals surface area contributed by atoms with Gasteiger partial charge in [0.05, 0.1) is 23.8 Å². The maximum Gasteiger partial charge on any atom is 0.339 e. The van der Waals surface area contributed by atoms with Crippen molar-refractivity contribution in [2.24, 2.45) is 0 Å². The molecule has 0 bridgehead atoms. The predicted molar refractivity (Wildman–Crippen MR) is 123 cm³/mol. The van der Waals surface area contributed by atoms with Gasteiger partial charge in [-0.15, -0.1) is 0 Å². The van der Waals surface area contributed by atoms with Gasteiger partial charge in [0, 0.05) is 0 Å². The van der Waals surface area contributed by atoms with E-state index in [-0.39, 0.29) is 17.2 Å². The van der Waals surface area contributed by atoms with Crippen LogP contribution in [0.2, 0.25) is 0 Å². The van der Waals surface area contributed by atoms with Crippen LogP contribution in [0.5, 0.6) is 0 Å². The van der Waals surface area contributed by atoms with Gasteiger partial charge in [0.2, 0.25) is 0 Å². The van der Waals surface area contributed by atoms with Crippen LogP contribution in [-0.2, 0) is 9.47 Å². The molecule has 0 aromatic heterocycles. The number of rotatable bonds is 17. The summed E-state index contributed by atoms with van der Waals surface area (Å²) < 4.78 is 10.6. The fourth-order valence-electron chi connectivity index (χ4n) is 3.48. The molecular weight excluding hydrogens is 376 g/mol. The highest BCUT2D eigenvalue weighted by Crippen LogP contribution is 2.15. The maximum absolute atomic E-state index is 12.3. The Balaban J connectivity index is 2.10. The Morgan fingerprint density at radius 1 is 0.700 bits per heavy atom. The number of esters is 2. The summed E-state index contributed by atoms with van der Waals surface area (Å²) in [5.74, 6) is -0.941. The first-order chi connectivity index (χ1) is 14.6. The van der Waals surface area contributed by atoms with Crippen LogP contribution in [0.1, 0.15) is 125 Å². The van der Waals surface area contributed by atoms with Gasteiger partial charge < -0.3 is 9.47 Å². The van der Waals surface area contributed by atoms with E-state index >= 15 is 0 Å². The minimum Gasteiger partial charge on any atom is -0.462 e. The molecule has 0 aliphatic carbocycles. The van der Waals surface area contributed by atoms with E-state index in [1.165, 1.54) is 70.6 Å². The van der Waals surface area contributed by atoms with E-state index in [0.29, 0.717) is 6.61 Å². The molecule has 4 nitrogen and oxygen atoms in total.